The molecule has 7 nitrogen and oxygen atoms in total. The van der Waals surface area contributed by atoms with Crippen molar-refractivity contribution in [2.45, 2.75) is 37.9 Å². The maximum atomic E-state index is 11.8. The molecule has 1 aromatic heterocycles. The minimum atomic E-state index is -2.99. The summed E-state index contributed by atoms with van der Waals surface area (Å²) in [6, 6.07) is 0. The summed E-state index contributed by atoms with van der Waals surface area (Å²) < 4.78 is 25.3. The van der Waals surface area contributed by atoms with Crippen molar-refractivity contribution in [1.82, 2.24) is 20.1 Å². The topological polar surface area (TPSA) is 93.9 Å². The van der Waals surface area contributed by atoms with Crippen LogP contribution < -0.4 is 5.32 Å². The van der Waals surface area contributed by atoms with Crippen LogP contribution in [0.2, 0.25) is 0 Å². The number of allylic oxidation sites excluding steroid dienone is 1. The van der Waals surface area contributed by atoms with Crippen molar-refractivity contribution >= 4 is 27.5 Å². The van der Waals surface area contributed by atoms with Gasteiger partial charge in [0.05, 0.1) is 17.3 Å². The van der Waals surface area contributed by atoms with E-state index in [4.69, 9.17) is 0 Å². The molecular weight excluding hydrogens is 348 g/mol. The van der Waals surface area contributed by atoms with E-state index >= 15 is 0 Å². The summed E-state index contributed by atoms with van der Waals surface area (Å²) in [5.74, 6) is 1.45. The number of carbonyl (C=O) groups excluding carboxylic acids is 1. The molecule has 1 N–H and O–H groups in total. The van der Waals surface area contributed by atoms with E-state index < -0.39 is 9.84 Å². The zero-order valence-corrected chi connectivity index (χ0v) is 15.7. The second-order valence-electron chi connectivity index (χ2n) is 6.33. The Balaban J connectivity index is 2.05. The van der Waals surface area contributed by atoms with E-state index in [2.05, 4.69) is 22.1 Å². The third-order valence-corrected chi connectivity index (χ3v) is 6.43. The molecule has 24 heavy (non-hydrogen) atoms. The molecule has 0 unspecified atom stereocenters. The van der Waals surface area contributed by atoms with Crippen LogP contribution in [0, 0.1) is 5.92 Å². The summed E-state index contributed by atoms with van der Waals surface area (Å²) in [5, 5.41) is 11.8. The number of carbonyl (C=O) groups is 1. The number of hydrogen-bond acceptors (Lipinski definition) is 6. The van der Waals surface area contributed by atoms with Gasteiger partial charge in [0.2, 0.25) is 5.91 Å². The number of nitrogens with one attached hydrogen (secondary N) is 1. The zero-order chi connectivity index (χ0) is 17.7. The van der Waals surface area contributed by atoms with E-state index in [9.17, 15) is 13.2 Å². The van der Waals surface area contributed by atoms with Gasteiger partial charge in [0.1, 0.15) is 5.82 Å². The van der Waals surface area contributed by atoms with Gasteiger partial charge in [-0.25, -0.2) is 8.42 Å². The molecule has 1 amide bonds. The second kappa shape index (κ2) is 8.15. The molecule has 1 fully saturated rings. The lowest BCUT2D eigenvalue weighted by molar-refractivity contribution is -0.118. The first kappa shape index (κ1) is 19.0. The van der Waals surface area contributed by atoms with E-state index in [0.717, 1.165) is 0 Å². The third kappa shape index (κ3) is 5.07. The predicted molar refractivity (Wildman–Crippen MR) is 94.8 cm³/mol. The molecule has 134 valence electrons. The van der Waals surface area contributed by atoms with Crippen molar-refractivity contribution in [2.75, 3.05) is 23.8 Å². The number of amides is 1. The van der Waals surface area contributed by atoms with Gasteiger partial charge in [-0.3, -0.25) is 4.79 Å². The predicted octanol–water partition coefficient (Wildman–Crippen LogP) is 1.23. The summed E-state index contributed by atoms with van der Waals surface area (Å²) in [6.45, 7) is 8.95. The number of hydrogen-bond donors (Lipinski definition) is 1. The number of rotatable bonds is 8. The average Bonchev–Trinajstić information content (AvgIpc) is 3.06. The van der Waals surface area contributed by atoms with Gasteiger partial charge < -0.3 is 9.88 Å². The average molecular weight is 373 g/mol. The summed E-state index contributed by atoms with van der Waals surface area (Å²) in [6.07, 6.45) is 2.29. The highest BCUT2D eigenvalue weighted by molar-refractivity contribution is 7.99. The molecule has 9 heteroatoms. The third-order valence-electron chi connectivity index (χ3n) is 3.69. The molecule has 1 aromatic rings. The van der Waals surface area contributed by atoms with Crippen LogP contribution in [0.3, 0.4) is 0 Å². The van der Waals surface area contributed by atoms with E-state index in [0.29, 0.717) is 36.4 Å². The van der Waals surface area contributed by atoms with Crippen LogP contribution in [0.4, 0.5) is 0 Å². The molecule has 0 aromatic carbocycles. The molecule has 0 bridgehead atoms. The van der Waals surface area contributed by atoms with Gasteiger partial charge in [-0.05, 0) is 12.3 Å². The highest BCUT2D eigenvalue weighted by atomic mass is 32.2. The Morgan fingerprint density at radius 1 is 1.50 bits per heavy atom. The second-order valence-corrected chi connectivity index (χ2v) is 9.50. The fourth-order valence-electron chi connectivity index (χ4n) is 2.51. The Bertz CT molecular complexity index is 698. The Labute approximate surface area is 147 Å². The maximum Gasteiger partial charge on any atom is 0.230 e. The minimum absolute atomic E-state index is 0.0492. The molecule has 1 saturated heterocycles. The van der Waals surface area contributed by atoms with Crippen molar-refractivity contribution in [3.8, 4) is 0 Å². The molecule has 1 aliphatic rings. The lowest BCUT2D eigenvalue weighted by Gasteiger charge is -2.11. The molecule has 1 atom stereocenters. The standard InChI is InChI=1S/C15H24N4O3S2/c1-4-6-19-14(12-5-7-24(21,22)10-12)17-18-15(19)23-9-13(20)16-8-11(2)3/h4,11-12H,1,5-10H2,2-3H3,(H,16,20)/t12-/m1/s1. The molecule has 0 radical (unpaired) electrons. The van der Waals surface area contributed by atoms with Crippen LogP contribution in [0.15, 0.2) is 17.8 Å². The van der Waals surface area contributed by atoms with Crippen LogP contribution in [0.1, 0.15) is 32.0 Å². The number of nitrogens with zero attached hydrogens (tertiary/aromatic N) is 3. The normalized spacial score (nSPS) is 19.5. The lowest BCUT2D eigenvalue weighted by Crippen LogP contribution is -2.28. The number of aromatic nitrogens is 3. The van der Waals surface area contributed by atoms with Gasteiger partial charge in [-0.2, -0.15) is 0 Å². The van der Waals surface area contributed by atoms with Gasteiger partial charge in [-0.1, -0.05) is 31.7 Å². The minimum Gasteiger partial charge on any atom is -0.355 e. The molecule has 0 spiro atoms. The van der Waals surface area contributed by atoms with Crippen LogP contribution >= 0.6 is 11.8 Å². The Morgan fingerprint density at radius 3 is 2.83 bits per heavy atom. The van der Waals surface area contributed by atoms with E-state index in [1.54, 1.807) is 6.08 Å². The first-order chi connectivity index (χ1) is 11.3. The monoisotopic (exact) mass is 372 g/mol. The van der Waals surface area contributed by atoms with Crippen molar-refractivity contribution in [3.05, 3.63) is 18.5 Å². The summed E-state index contributed by atoms with van der Waals surface area (Å²) in [4.78, 5) is 11.8. The quantitative estimate of drug-likeness (QED) is 0.545. The first-order valence-corrected chi connectivity index (χ1v) is 10.8. The molecular formula is C15H24N4O3S2. The smallest absolute Gasteiger partial charge is 0.230 e. The highest BCUT2D eigenvalue weighted by Crippen LogP contribution is 2.30. The van der Waals surface area contributed by atoms with Crippen molar-refractivity contribution in [2.24, 2.45) is 5.92 Å². The molecule has 1 aliphatic heterocycles. The molecule has 2 rings (SSSR count). The summed E-state index contributed by atoms with van der Waals surface area (Å²) >= 11 is 1.31. The van der Waals surface area contributed by atoms with Crippen molar-refractivity contribution < 1.29 is 13.2 Å². The number of thioether (sulfide) groups is 1. The molecule has 0 saturated carbocycles. The van der Waals surface area contributed by atoms with E-state index in [1.165, 1.54) is 11.8 Å². The summed E-state index contributed by atoms with van der Waals surface area (Å²) in [5.41, 5.74) is 0. The summed E-state index contributed by atoms with van der Waals surface area (Å²) in [7, 11) is -2.99. The van der Waals surface area contributed by atoms with Gasteiger partial charge in [0, 0.05) is 19.0 Å². The molecule has 0 aliphatic carbocycles. The SMILES string of the molecule is C=CCn1c(SCC(=O)NCC(C)C)nnc1[C@@H]1CCS(=O)(=O)C1. The Morgan fingerprint density at radius 2 is 2.25 bits per heavy atom. The van der Waals surface area contributed by atoms with Gasteiger partial charge in [-0.15, -0.1) is 16.8 Å². The van der Waals surface area contributed by atoms with Crippen LogP contribution in [-0.2, 0) is 21.2 Å². The first-order valence-electron chi connectivity index (χ1n) is 7.96. The van der Waals surface area contributed by atoms with Crippen molar-refractivity contribution in [3.63, 3.8) is 0 Å². The maximum absolute atomic E-state index is 11.8. The fourth-order valence-corrected chi connectivity index (χ4v) is 5.03. The Kier molecular flexibility index (Phi) is 6.45. The van der Waals surface area contributed by atoms with Crippen molar-refractivity contribution in [1.29, 1.82) is 0 Å². The van der Waals surface area contributed by atoms with E-state index in [1.807, 2.05) is 18.4 Å². The van der Waals surface area contributed by atoms with Crippen LogP contribution in [0.25, 0.3) is 0 Å². The van der Waals surface area contributed by atoms with Crippen LogP contribution in [0.5, 0.6) is 0 Å². The fraction of sp³-hybridized carbons (Fsp3) is 0.667. The lowest BCUT2D eigenvalue weighted by atomic mass is 10.1. The largest absolute Gasteiger partial charge is 0.355 e. The van der Waals surface area contributed by atoms with Gasteiger partial charge in [0.25, 0.3) is 0 Å². The van der Waals surface area contributed by atoms with Gasteiger partial charge in [0.15, 0.2) is 15.0 Å². The highest BCUT2D eigenvalue weighted by Gasteiger charge is 2.33. The van der Waals surface area contributed by atoms with Gasteiger partial charge >= 0.3 is 0 Å². The zero-order valence-electron chi connectivity index (χ0n) is 14.1. The van der Waals surface area contributed by atoms with Crippen LogP contribution in [-0.4, -0.2) is 52.9 Å². The Hall–Kier alpha value is -1.35. The number of sulfone groups is 1. The molecule has 2 heterocycles. The van der Waals surface area contributed by atoms with E-state index in [-0.39, 0.29) is 29.1 Å².